The van der Waals surface area contributed by atoms with E-state index >= 15 is 0 Å². The number of esters is 1. The number of carbonyl (C=O) groups excluding carboxylic acids is 2. The molecular formula is C13H17N3O5. The van der Waals surface area contributed by atoms with Gasteiger partial charge in [0, 0.05) is 30.9 Å². The molecule has 1 N–H and O–H groups in total. The summed E-state index contributed by atoms with van der Waals surface area (Å²) in [6, 6.07) is 5.22. The largest absolute Gasteiger partial charge is 0.469 e. The van der Waals surface area contributed by atoms with Crippen LogP contribution in [0.2, 0.25) is 0 Å². The molecule has 1 aromatic carbocycles. The smallest absolute Gasteiger partial charge is 0.321 e. The molecule has 0 fully saturated rings. The molecule has 0 bridgehead atoms. The summed E-state index contributed by atoms with van der Waals surface area (Å²) in [6.45, 7) is 2.38. The lowest BCUT2D eigenvalue weighted by Crippen LogP contribution is -2.36. The first-order chi connectivity index (χ1) is 9.97. The van der Waals surface area contributed by atoms with E-state index in [4.69, 9.17) is 0 Å². The van der Waals surface area contributed by atoms with E-state index in [-0.39, 0.29) is 18.7 Å². The van der Waals surface area contributed by atoms with Gasteiger partial charge in [-0.25, -0.2) is 4.79 Å². The predicted octanol–water partition coefficient (Wildman–Crippen LogP) is 2.01. The SMILES string of the molecule is CCN(CCC(=O)OC)C(=O)Nc1cccc([N+](=O)[O-])c1. The Balaban J connectivity index is 2.67. The second-order valence-corrected chi connectivity index (χ2v) is 4.14. The van der Waals surface area contributed by atoms with Gasteiger partial charge in [0.2, 0.25) is 0 Å². The van der Waals surface area contributed by atoms with Crippen molar-refractivity contribution >= 4 is 23.4 Å². The number of hydrogen-bond acceptors (Lipinski definition) is 5. The molecular weight excluding hydrogens is 278 g/mol. The fourth-order valence-corrected chi connectivity index (χ4v) is 1.63. The molecule has 0 saturated heterocycles. The summed E-state index contributed by atoms with van der Waals surface area (Å²) in [6.07, 6.45) is 0.0900. The second-order valence-electron chi connectivity index (χ2n) is 4.14. The Morgan fingerprint density at radius 1 is 1.43 bits per heavy atom. The summed E-state index contributed by atoms with van der Waals surface area (Å²) in [5, 5.41) is 13.2. The quantitative estimate of drug-likeness (QED) is 0.491. The third-order valence-corrected chi connectivity index (χ3v) is 2.79. The van der Waals surface area contributed by atoms with Gasteiger partial charge < -0.3 is 15.0 Å². The van der Waals surface area contributed by atoms with Gasteiger partial charge in [0.25, 0.3) is 5.69 Å². The summed E-state index contributed by atoms with van der Waals surface area (Å²) in [5.74, 6) is -0.406. The number of hydrogen-bond donors (Lipinski definition) is 1. The number of nitro benzene ring substituents is 1. The Morgan fingerprint density at radius 2 is 2.14 bits per heavy atom. The van der Waals surface area contributed by atoms with Crippen LogP contribution in [0, 0.1) is 10.1 Å². The molecule has 0 heterocycles. The lowest BCUT2D eigenvalue weighted by atomic mass is 10.3. The first-order valence-corrected chi connectivity index (χ1v) is 6.35. The molecule has 114 valence electrons. The fraction of sp³-hybridized carbons (Fsp3) is 0.385. The number of nitrogens with one attached hydrogen (secondary N) is 1. The monoisotopic (exact) mass is 295 g/mol. The normalized spacial score (nSPS) is 9.81. The van der Waals surface area contributed by atoms with Crippen molar-refractivity contribution in [3.05, 3.63) is 34.4 Å². The van der Waals surface area contributed by atoms with E-state index < -0.39 is 16.9 Å². The number of nitrogens with zero attached hydrogens (tertiary/aromatic N) is 2. The third-order valence-electron chi connectivity index (χ3n) is 2.79. The molecule has 0 aliphatic rings. The summed E-state index contributed by atoms with van der Waals surface area (Å²) in [7, 11) is 1.28. The van der Waals surface area contributed by atoms with E-state index in [2.05, 4.69) is 10.1 Å². The lowest BCUT2D eigenvalue weighted by molar-refractivity contribution is -0.384. The van der Waals surface area contributed by atoms with Crippen LogP contribution in [0.25, 0.3) is 0 Å². The molecule has 0 aliphatic carbocycles. The van der Waals surface area contributed by atoms with E-state index in [1.807, 2.05) is 0 Å². The minimum absolute atomic E-state index is 0.0900. The Labute approximate surface area is 121 Å². The Morgan fingerprint density at radius 3 is 2.71 bits per heavy atom. The summed E-state index contributed by atoms with van der Waals surface area (Å²) >= 11 is 0. The van der Waals surface area contributed by atoms with Gasteiger partial charge in [-0.15, -0.1) is 0 Å². The van der Waals surface area contributed by atoms with Crippen molar-refractivity contribution in [1.82, 2.24) is 4.90 Å². The van der Waals surface area contributed by atoms with Crippen molar-refractivity contribution < 1.29 is 19.2 Å². The summed E-state index contributed by atoms with van der Waals surface area (Å²) in [4.78, 5) is 34.6. The summed E-state index contributed by atoms with van der Waals surface area (Å²) in [5.41, 5.74) is 0.219. The zero-order chi connectivity index (χ0) is 15.8. The molecule has 0 aliphatic heterocycles. The number of anilines is 1. The summed E-state index contributed by atoms with van der Waals surface area (Å²) < 4.78 is 4.51. The minimum atomic E-state index is -0.537. The van der Waals surface area contributed by atoms with Crippen molar-refractivity contribution in [2.75, 3.05) is 25.5 Å². The maximum atomic E-state index is 12.0. The van der Waals surface area contributed by atoms with Gasteiger partial charge in [-0.1, -0.05) is 6.07 Å². The van der Waals surface area contributed by atoms with Crippen molar-refractivity contribution in [3.63, 3.8) is 0 Å². The van der Waals surface area contributed by atoms with Gasteiger partial charge in [-0.05, 0) is 13.0 Å². The molecule has 21 heavy (non-hydrogen) atoms. The van der Waals surface area contributed by atoms with Crippen LogP contribution < -0.4 is 5.32 Å². The molecule has 1 rings (SSSR count). The highest BCUT2D eigenvalue weighted by atomic mass is 16.6. The standard InChI is InChI=1S/C13H17N3O5/c1-3-15(8-7-12(17)21-2)13(18)14-10-5-4-6-11(9-10)16(19)20/h4-6,9H,3,7-8H2,1-2H3,(H,14,18). The highest BCUT2D eigenvalue weighted by molar-refractivity contribution is 5.89. The van der Waals surface area contributed by atoms with E-state index in [0.717, 1.165) is 0 Å². The van der Waals surface area contributed by atoms with Crippen LogP contribution in [0.1, 0.15) is 13.3 Å². The second kappa shape index (κ2) is 7.83. The van der Waals surface area contributed by atoms with Gasteiger partial charge in [0.1, 0.15) is 0 Å². The van der Waals surface area contributed by atoms with Crippen LogP contribution in [0.15, 0.2) is 24.3 Å². The van der Waals surface area contributed by atoms with Crippen molar-refractivity contribution in [2.45, 2.75) is 13.3 Å². The van der Waals surface area contributed by atoms with E-state index in [0.29, 0.717) is 12.2 Å². The number of methoxy groups -OCH3 is 1. The molecule has 2 amide bonds. The number of non-ortho nitro benzene ring substituents is 1. The number of rotatable bonds is 6. The molecule has 8 heteroatoms. The topological polar surface area (TPSA) is 102 Å². The Bertz CT molecular complexity index is 532. The Hall–Kier alpha value is -2.64. The number of benzene rings is 1. The van der Waals surface area contributed by atoms with E-state index in [9.17, 15) is 19.7 Å². The zero-order valence-electron chi connectivity index (χ0n) is 11.9. The molecule has 0 unspecified atom stereocenters. The third kappa shape index (κ3) is 5.09. The minimum Gasteiger partial charge on any atom is -0.469 e. The molecule has 0 aromatic heterocycles. The lowest BCUT2D eigenvalue weighted by Gasteiger charge is -2.20. The van der Waals surface area contributed by atoms with Gasteiger partial charge in [0.05, 0.1) is 18.5 Å². The van der Waals surface area contributed by atoms with Crippen LogP contribution in [0.5, 0.6) is 0 Å². The average Bonchev–Trinajstić information content (AvgIpc) is 2.47. The highest BCUT2D eigenvalue weighted by Gasteiger charge is 2.14. The van der Waals surface area contributed by atoms with Crippen LogP contribution in [0.3, 0.4) is 0 Å². The maximum absolute atomic E-state index is 12.0. The Kier molecular flexibility index (Phi) is 6.12. The van der Waals surface area contributed by atoms with E-state index in [1.54, 1.807) is 13.0 Å². The van der Waals surface area contributed by atoms with Crippen LogP contribution in [0.4, 0.5) is 16.2 Å². The first-order valence-electron chi connectivity index (χ1n) is 6.35. The van der Waals surface area contributed by atoms with Gasteiger partial charge in [-0.2, -0.15) is 0 Å². The molecule has 0 saturated carbocycles. The van der Waals surface area contributed by atoms with Gasteiger partial charge >= 0.3 is 12.0 Å². The van der Waals surface area contributed by atoms with E-state index in [1.165, 1.54) is 30.2 Å². The number of carbonyl (C=O) groups is 2. The number of ether oxygens (including phenoxy) is 1. The van der Waals surface area contributed by atoms with Crippen molar-refractivity contribution in [2.24, 2.45) is 0 Å². The maximum Gasteiger partial charge on any atom is 0.321 e. The molecule has 0 spiro atoms. The number of amides is 2. The fourth-order valence-electron chi connectivity index (χ4n) is 1.63. The van der Waals surface area contributed by atoms with Crippen LogP contribution >= 0.6 is 0 Å². The molecule has 8 nitrogen and oxygen atoms in total. The van der Waals surface area contributed by atoms with Gasteiger partial charge in [-0.3, -0.25) is 14.9 Å². The van der Waals surface area contributed by atoms with Crippen LogP contribution in [-0.4, -0.2) is 42.0 Å². The first kappa shape index (κ1) is 16.4. The molecule has 0 atom stereocenters. The molecule has 1 aromatic rings. The zero-order valence-corrected chi connectivity index (χ0v) is 11.9. The van der Waals surface area contributed by atoms with Crippen molar-refractivity contribution in [3.8, 4) is 0 Å². The predicted molar refractivity (Wildman–Crippen MR) is 76.0 cm³/mol. The molecule has 0 radical (unpaired) electrons. The van der Waals surface area contributed by atoms with Crippen molar-refractivity contribution in [1.29, 1.82) is 0 Å². The van der Waals surface area contributed by atoms with Gasteiger partial charge in [0.15, 0.2) is 0 Å². The number of nitro groups is 1. The van der Waals surface area contributed by atoms with Crippen LogP contribution in [-0.2, 0) is 9.53 Å². The number of urea groups is 1. The highest BCUT2D eigenvalue weighted by Crippen LogP contribution is 2.17. The average molecular weight is 295 g/mol.